The largest absolute Gasteiger partial charge is 0.326 e. The summed E-state index contributed by atoms with van der Waals surface area (Å²) >= 11 is 0. The first-order valence-electron chi connectivity index (χ1n) is 7.80. The summed E-state index contributed by atoms with van der Waals surface area (Å²) in [6.45, 7) is 5.64. The lowest BCUT2D eigenvalue weighted by atomic mass is 9.91. The third-order valence-corrected chi connectivity index (χ3v) is 4.29. The van der Waals surface area contributed by atoms with E-state index in [1.54, 1.807) is 0 Å². The highest BCUT2D eigenvalue weighted by Gasteiger charge is 2.31. The topological polar surface area (TPSA) is 29.3 Å². The molecule has 2 N–H and O–H groups in total. The first-order valence-corrected chi connectivity index (χ1v) is 7.80. The molecule has 0 saturated carbocycles. The highest BCUT2D eigenvalue weighted by atomic mass is 15.2. The monoisotopic (exact) mass is 260 g/mol. The molecule has 3 unspecified atom stereocenters. The van der Waals surface area contributed by atoms with Crippen molar-refractivity contribution in [3.63, 3.8) is 0 Å². The number of piperidine rings is 1. The van der Waals surface area contributed by atoms with E-state index in [1.165, 1.54) is 44.2 Å². The van der Waals surface area contributed by atoms with Crippen LogP contribution in [0.25, 0.3) is 0 Å². The van der Waals surface area contributed by atoms with E-state index in [0.717, 1.165) is 6.04 Å². The van der Waals surface area contributed by atoms with Crippen molar-refractivity contribution in [3.05, 3.63) is 35.9 Å². The van der Waals surface area contributed by atoms with Gasteiger partial charge in [-0.25, -0.2) is 0 Å². The SMILES string of the molecule is CCCC1CCCCN1C(c1ccccc1)C(C)N. The van der Waals surface area contributed by atoms with Crippen molar-refractivity contribution in [2.75, 3.05) is 6.54 Å². The van der Waals surface area contributed by atoms with E-state index in [9.17, 15) is 0 Å². The Morgan fingerprint density at radius 3 is 2.63 bits per heavy atom. The fourth-order valence-corrected chi connectivity index (χ4v) is 3.48. The van der Waals surface area contributed by atoms with Gasteiger partial charge in [0.15, 0.2) is 0 Å². The van der Waals surface area contributed by atoms with Crippen molar-refractivity contribution in [1.29, 1.82) is 0 Å². The number of hydrogen-bond acceptors (Lipinski definition) is 2. The summed E-state index contributed by atoms with van der Waals surface area (Å²) in [5, 5.41) is 0. The standard InChI is InChI=1S/C17H28N2/c1-3-9-16-12-7-8-13-19(16)17(14(2)18)15-10-5-4-6-11-15/h4-6,10-11,14,16-17H,3,7-9,12-13,18H2,1-2H3. The average molecular weight is 260 g/mol. The maximum absolute atomic E-state index is 6.32. The lowest BCUT2D eigenvalue weighted by Gasteiger charge is -2.43. The Balaban J connectivity index is 2.22. The molecule has 1 aromatic rings. The molecule has 0 spiro atoms. The second kappa shape index (κ2) is 7.06. The Morgan fingerprint density at radius 2 is 2.00 bits per heavy atom. The zero-order valence-electron chi connectivity index (χ0n) is 12.4. The fourth-order valence-electron chi connectivity index (χ4n) is 3.48. The zero-order valence-corrected chi connectivity index (χ0v) is 12.4. The molecule has 0 amide bonds. The summed E-state index contributed by atoms with van der Waals surface area (Å²) in [7, 11) is 0. The van der Waals surface area contributed by atoms with Gasteiger partial charge in [-0.05, 0) is 38.3 Å². The molecular formula is C17H28N2. The molecule has 0 bridgehead atoms. The van der Waals surface area contributed by atoms with Gasteiger partial charge in [-0.1, -0.05) is 50.1 Å². The summed E-state index contributed by atoms with van der Waals surface area (Å²) in [6.07, 6.45) is 6.60. The second-order valence-corrected chi connectivity index (χ2v) is 5.89. The smallest absolute Gasteiger partial charge is 0.0499 e. The molecule has 1 aliphatic heterocycles. The number of nitrogens with two attached hydrogens (primary N) is 1. The molecule has 0 aromatic heterocycles. The van der Waals surface area contributed by atoms with E-state index in [2.05, 4.69) is 49.1 Å². The lowest BCUT2D eigenvalue weighted by molar-refractivity contribution is 0.0764. The molecule has 1 aliphatic rings. The van der Waals surface area contributed by atoms with Crippen molar-refractivity contribution >= 4 is 0 Å². The minimum Gasteiger partial charge on any atom is -0.326 e. The van der Waals surface area contributed by atoms with Gasteiger partial charge in [0, 0.05) is 18.1 Å². The van der Waals surface area contributed by atoms with E-state index in [0.29, 0.717) is 6.04 Å². The van der Waals surface area contributed by atoms with Gasteiger partial charge in [-0.3, -0.25) is 4.90 Å². The van der Waals surface area contributed by atoms with Gasteiger partial charge >= 0.3 is 0 Å². The van der Waals surface area contributed by atoms with Crippen LogP contribution in [0, 0.1) is 0 Å². The van der Waals surface area contributed by atoms with Gasteiger partial charge in [-0.15, -0.1) is 0 Å². The maximum Gasteiger partial charge on any atom is 0.0499 e. The lowest BCUT2D eigenvalue weighted by Crippen LogP contribution is -2.47. The van der Waals surface area contributed by atoms with Gasteiger partial charge in [0.05, 0.1) is 0 Å². The summed E-state index contributed by atoms with van der Waals surface area (Å²) in [6, 6.07) is 12.1. The van der Waals surface area contributed by atoms with Gasteiger partial charge in [0.25, 0.3) is 0 Å². The van der Waals surface area contributed by atoms with Crippen molar-refractivity contribution in [2.45, 2.75) is 64.1 Å². The van der Waals surface area contributed by atoms with Crippen LogP contribution in [0.3, 0.4) is 0 Å². The van der Waals surface area contributed by atoms with Crippen LogP contribution >= 0.6 is 0 Å². The molecular weight excluding hydrogens is 232 g/mol. The maximum atomic E-state index is 6.32. The molecule has 1 saturated heterocycles. The normalized spacial score (nSPS) is 24.1. The van der Waals surface area contributed by atoms with Gasteiger partial charge in [0.1, 0.15) is 0 Å². The van der Waals surface area contributed by atoms with Crippen molar-refractivity contribution in [1.82, 2.24) is 4.90 Å². The minimum atomic E-state index is 0.180. The Labute approximate surface area is 118 Å². The van der Waals surface area contributed by atoms with E-state index >= 15 is 0 Å². The van der Waals surface area contributed by atoms with Crippen LogP contribution in [0.15, 0.2) is 30.3 Å². The molecule has 1 heterocycles. The predicted molar refractivity (Wildman–Crippen MR) is 82.1 cm³/mol. The van der Waals surface area contributed by atoms with E-state index < -0.39 is 0 Å². The summed E-state index contributed by atoms with van der Waals surface area (Å²) in [5.41, 5.74) is 7.69. The molecule has 1 aromatic carbocycles. The molecule has 106 valence electrons. The number of rotatable bonds is 5. The van der Waals surface area contributed by atoms with Crippen LogP contribution in [-0.4, -0.2) is 23.5 Å². The van der Waals surface area contributed by atoms with Crippen LogP contribution in [0.2, 0.25) is 0 Å². The molecule has 3 atom stereocenters. The first-order chi connectivity index (χ1) is 9.24. The molecule has 0 aliphatic carbocycles. The average Bonchev–Trinajstić information content (AvgIpc) is 2.42. The summed E-state index contributed by atoms with van der Waals surface area (Å²) < 4.78 is 0. The van der Waals surface area contributed by atoms with E-state index in [-0.39, 0.29) is 6.04 Å². The quantitative estimate of drug-likeness (QED) is 0.874. The summed E-state index contributed by atoms with van der Waals surface area (Å²) in [4.78, 5) is 2.67. The number of benzene rings is 1. The highest BCUT2D eigenvalue weighted by Crippen LogP contribution is 2.32. The van der Waals surface area contributed by atoms with Crippen LogP contribution in [-0.2, 0) is 0 Å². The van der Waals surface area contributed by atoms with Crippen molar-refractivity contribution < 1.29 is 0 Å². The molecule has 2 nitrogen and oxygen atoms in total. The minimum absolute atomic E-state index is 0.180. The van der Waals surface area contributed by atoms with Crippen molar-refractivity contribution in [3.8, 4) is 0 Å². The third kappa shape index (κ3) is 3.58. The predicted octanol–water partition coefficient (Wildman–Crippen LogP) is 3.73. The van der Waals surface area contributed by atoms with Crippen LogP contribution in [0.1, 0.15) is 57.6 Å². The van der Waals surface area contributed by atoms with Gasteiger partial charge < -0.3 is 5.73 Å². The van der Waals surface area contributed by atoms with Gasteiger partial charge in [0.2, 0.25) is 0 Å². The third-order valence-electron chi connectivity index (χ3n) is 4.29. The molecule has 1 fully saturated rings. The molecule has 0 radical (unpaired) electrons. The fraction of sp³-hybridized carbons (Fsp3) is 0.647. The first kappa shape index (κ1) is 14.5. The Hall–Kier alpha value is -0.860. The van der Waals surface area contributed by atoms with Gasteiger partial charge in [-0.2, -0.15) is 0 Å². The Morgan fingerprint density at radius 1 is 1.26 bits per heavy atom. The van der Waals surface area contributed by atoms with Crippen LogP contribution in [0.5, 0.6) is 0 Å². The molecule has 2 rings (SSSR count). The van der Waals surface area contributed by atoms with E-state index in [4.69, 9.17) is 5.73 Å². The number of hydrogen-bond donors (Lipinski definition) is 1. The van der Waals surface area contributed by atoms with Crippen LogP contribution < -0.4 is 5.73 Å². The highest BCUT2D eigenvalue weighted by molar-refractivity contribution is 5.21. The number of nitrogens with zero attached hydrogens (tertiary/aromatic N) is 1. The number of likely N-dealkylation sites (tertiary alicyclic amines) is 1. The Bertz CT molecular complexity index is 359. The van der Waals surface area contributed by atoms with Crippen LogP contribution in [0.4, 0.5) is 0 Å². The molecule has 2 heteroatoms. The van der Waals surface area contributed by atoms with Crippen molar-refractivity contribution in [2.24, 2.45) is 5.73 Å². The summed E-state index contributed by atoms with van der Waals surface area (Å²) in [5.74, 6) is 0. The van der Waals surface area contributed by atoms with E-state index in [1.807, 2.05) is 0 Å². The molecule has 19 heavy (non-hydrogen) atoms. The Kier molecular flexibility index (Phi) is 5.41. The second-order valence-electron chi connectivity index (χ2n) is 5.89. The zero-order chi connectivity index (χ0) is 13.7.